The van der Waals surface area contributed by atoms with E-state index < -0.39 is 53.9 Å². The minimum atomic E-state index is -5.08. The van der Waals surface area contributed by atoms with Crippen molar-refractivity contribution in [3.8, 4) is 11.1 Å². The lowest BCUT2D eigenvalue weighted by Gasteiger charge is -2.31. The molecule has 12 nitrogen and oxygen atoms in total. The van der Waals surface area contributed by atoms with Crippen LogP contribution in [-0.2, 0) is 23.9 Å². The maximum atomic E-state index is 13.7. The molecule has 4 rings (SSSR count). The van der Waals surface area contributed by atoms with Crippen molar-refractivity contribution in [3.63, 3.8) is 0 Å². The lowest BCUT2D eigenvalue weighted by atomic mass is 9.82. The number of fused-ring (bicyclic) bond motifs is 3. The molecule has 0 spiro atoms. The Labute approximate surface area is 317 Å². The van der Waals surface area contributed by atoms with Crippen molar-refractivity contribution in [3.05, 3.63) is 95.8 Å². The SMILES string of the molecule is CC(C)C[C@@H](C(=O)NN(CC(C)C)C(=O)[C@@H](C)NC(=O)OCC1c2ccccc2-c2ccccc21)[C@H](C/C=C/c1cccnc1)C(=O)O.O=C(O)C(F)(F)F. The second kappa shape index (κ2) is 20.1. The average Bonchev–Trinajstić information content (AvgIpc) is 3.44. The fourth-order valence-corrected chi connectivity index (χ4v) is 6.11. The minimum absolute atomic E-state index is 0.0216. The normalized spacial score (nSPS) is 13.9. The number of pyridine rings is 1. The highest BCUT2D eigenvalue weighted by Crippen LogP contribution is 2.44. The van der Waals surface area contributed by atoms with Crippen LogP contribution in [0.5, 0.6) is 0 Å². The predicted octanol–water partition coefficient (Wildman–Crippen LogP) is 6.92. The standard InChI is InChI=1S/C38H46N4O6.C2HF3O2/c1-24(2)20-33(32(37(45)46)18-10-12-27-13-11-19-39-21-27)35(43)41-42(22-25(3)4)36(44)26(5)40-38(47)48-23-34-30-16-8-6-14-28(30)29-15-7-9-17-31(29)34;3-2(4,5)1(6)7/h6-17,19,21,24-26,32-34H,18,20,22-23H2,1-5H3,(H,40,47)(H,41,43)(H,45,46);(H,6,7)/b12-10+;/t26-,32+,33-;/m1./s1. The molecule has 1 aromatic heterocycles. The molecule has 2 aromatic carbocycles. The number of carbonyl (C=O) groups is 5. The Balaban J connectivity index is 0.00000106. The largest absolute Gasteiger partial charge is 0.490 e. The smallest absolute Gasteiger partial charge is 0.481 e. The second-order valence-electron chi connectivity index (χ2n) is 13.9. The van der Waals surface area contributed by atoms with E-state index in [1.54, 1.807) is 30.6 Å². The number of hydrogen-bond acceptors (Lipinski definition) is 7. The number of halogens is 3. The lowest BCUT2D eigenvalue weighted by molar-refractivity contribution is -0.192. The van der Waals surface area contributed by atoms with Crippen molar-refractivity contribution in [2.24, 2.45) is 23.7 Å². The van der Waals surface area contributed by atoms with Gasteiger partial charge in [0.1, 0.15) is 12.6 Å². The summed E-state index contributed by atoms with van der Waals surface area (Å²) in [6, 6.07) is 18.6. The molecule has 0 saturated heterocycles. The maximum Gasteiger partial charge on any atom is 0.490 e. The first-order valence-corrected chi connectivity index (χ1v) is 17.7. The molecule has 0 bridgehead atoms. The van der Waals surface area contributed by atoms with Gasteiger partial charge in [0.2, 0.25) is 5.91 Å². The number of hydrogen-bond donors (Lipinski definition) is 4. The average molecular weight is 769 g/mol. The van der Waals surface area contributed by atoms with Gasteiger partial charge < -0.3 is 20.3 Å². The summed E-state index contributed by atoms with van der Waals surface area (Å²) < 4.78 is 37.4. The Bertz CT molecular complexity index is 1770. The highest BCUT2D eigenvalue weighted by molar-refractivity contribution is 5.90. The van der Waals surface area contributed by atoms with Crippen LogP contribution in [0.4, 0.5) is 18.0 Å². The molecule has 1 aliphatic rings. The molecular formula is C40H47F3N4O8. The number of carboxylic acids is 2. The molecule has 3 atom stereocenters. The number of carbonyl (C=O) groups excluding carboxylic acids is 3. The molecule has 4 N–H and O–H groups in total. The van der Waals surface area contributed by atoms with Crippen molar-refractivity contribution < 1.29 is 52.1 Å². The molecule has 0 radical (unpaired) electrons. The van der Waals surface area contributed by atoms with Gasteiger partial charge in [-0.3, -0.25) is 29.8 Å². The molecule has 0 fully saturated rings. The maximum absolute atomic E-state index is 13.7. The second-order valence-corrected chi connectivity index (χ2v) is 13.9. The van der Waals surface area contributed by atoms with Crippen LogP contribution < -0.4 is 10.7 Å². The zero-order valence-corrected chi connectivity index (χ0v) is 31.2. The number of allylic oxidation sites excluding steroid dienone is 1. The highest BCUT2D eigenvalue weighted by Gasteiger charge is 2.38. The van der Waals surface area contributed by atoms with Gasteiger partial charge in [-0.2, -0.15) is 13.2 Å². The number of amides is 3. The predicted molar refractivity (Wildman–Crippen MR) is 198 cm³/mol. The van der Waals surface area contributed by atoms with E-state index >= 15 is 0 Å². The van der Waals surface area contributed by atoms with Gasteiger partial charge in [-0.1, -0.05) is 94.4 Å². The Hall–Kier alpha value is -5.73. The molecule has 0 unspecified atom stereocenters. The van der Waals surface area contributed by atoms with Gasteiger partial charge in [0.05, 0.1) is 11.8 Å². The third kappa shape index (κ3) is 13.0. The topological polar surface area (TPSA) is 175 Å². The van der Waals surface area contributed by atoms with Crippen LogP contribution in [0, 0.1) is 23.7 Å². The van der Waals surface area contributed by atoms with Gasteiger partial charge in [0.25, 0.3) is 5.91 Å². The van der Waals surface area contributed by atoms with E-state index in [1.807, 2.05) is 70.2 Å². The first-order chi connectivity index (χ1) is 25.9. The minimum Gasteiger partial charge on any atom is -0.481 e. The molecule has 0 saturated carbocycles. The first kappa shape index (κ1) is 43.7. The van der Waals surface area contributed by atoms with E-state index in [9.17, 15) is 37.5 Å². The first-order valence-electron chi connectivity index (χ1n) is 17.7. The number of alkyl carbamates (subject to hydrolysis) is 1. The van der Waals surface area contributed by atoms with Crippen molar-refractivity contribution in [2.75, 3.05) is 13.2 Å². The van der Waals surface area contributed by atoms with Crippen molar-refractivity contribution in [1.29, 1.82) is 0 Å². The van der Waals surface area contributed by atoms with Crippen LogP contribution >= 0.6 is 0 Å². The summed E-state index contributed by atoms with van der Waals surface area (Å²) in [5.41, 5.74) is 7.89. The molecule has 1 aliphatic carbocycles. The number of nitrogens with zero attached hydrogens (tertiary/aromatic N) is 2. The quantitative estimate of drug-likeness (QED) is 0.127. The number of benzene rings is 2. The summed E-state index contributed by atoms with van der Waals surface area (Å²) in [4.78, 5) is 65.7. The molecule has 3 amide bonds. The van der Waals surface area contributed by atoms with E-state index in [0.29, 0.717) is 6.42 Å². The van der Waals surface area contributed by atoms with Crippen molar-refractivity contribution >= 4 is 35.9 Å². The number of carboxylic acid groups (broad SMARTS) is 2. The number of aliphatic carboxylic acids is 2. The zero-order valence-electron chi connectivity index (χ0n) is 31.2. The lowest BCUT2D eigenvalue weighted by Crippen LogP contribution is -2.56. The number of hydrazine groups is 1. The Morgan fingerprint density at radius 3 is 1.95 bits per heavy atom. The Morgan fingerprint density at radius 2 is 1.45 bits per heavy atom. The number of nitrogens with one attached hydrogen (secondary N) is 2. The van der Waals surface area contributed by atoms with Gasteiger partial charge >= 0.3 is 24.2 Å². The van der Waals surface area contributed by atoms with E-state index in [1.165, 1.54) is 11.9 Å². The number of alkyl halides is 3. The van der Waals surface area contributed by atoms with Crippen LogP contribution in [0.1, 0.15) is 70.1 Å². The van der Waals surface area contributed by atoms with Crippen LogP contribution in [0.25, 0.3) is 17.2 Å². The van der Waals surface area contributed by atoms with Gasteiger partial charge in [-0.25, -0.2) is 9.59 Å². The number of aromatic nitrogens is 1. The number of ether oxygens (including phenoxy) is 1. The summed E-state index contributed by atoms with van der Waals surface area (Å²) in [5.74, 6) is -7.03. The van der Waals surface area contributed by atoms with E-state index in [2.05, 4.69) is 27.9 Å². The van der Waals surface area contributed by atoms with Crippen LogP contribution in [0.15, 0.2) is 79.1 Å². The zero-order chi connectivity index (χ0) is 40.9. The van der Waals surface area contributed by atoms with Gasteiger partial charge in [0, 0.05) is 24.9 Å². The fourth-order valence-electron chi connectivity index (χ4n) is 6.11. The molecule has 3 aromatic rings. The molecule has 1 heterocycles. The molecule has 296 valence electrons. The van der Waals surface area contributed by atoms with Gasteiger partial charge in [0.15, 0.2) is 0 Å². The Kier molecular flexibility index (Phi) is 16.0. The monoisotopic (exact) mass is 768 g/mol. The Morgan fingerprint density at radius 1 is 0.873 bits per heavy atom. The van der Waals surface area contributed by atoms with E-state index in [-0.39, 0.29) is 37.3 Å². The third-order valence-electron chi connectivity index (χ3n) is 8.60. The number of rotatable bonds is 14. The van der Waals surface area contributed by atoms with E-state index in [4.69, 9.17) is 14.6 Å². The third-order valence-corrected chi connectivity index (χ3v) is 8.60. The summed E-state index contributed by atoms with van der Waals surface area (Å²) in [6.45, 7) is 9.41. The van der Waals surface area contributed by atoms with E-state index in [0.717, 1.165) is 27.8 Å². The van der Waals surface area contributed by atoms with Crippen molar-refractivity contribution in [1.82, 2.24) is 20.7 Å². The van der Waals surface area contributed by atoms with Crippen molar-refractivity contribution in [2.45, 2.75) is 65.6 Å². The highest BCUT2D eigenvalue weighted by atomic mass is 19.4. The summed E-state index contributed by atoms with van der Waals surface area (Å²) in [7, 11) is 0. The fraction of sp³-hybridized carbons (Fsp3) is 0.400. The molecule has 15 heteroatoms. The van der Waals surface area contributed by atoms with Gasteiger partial charge in [-0.15, -0.1) is 0 Å². The summed E-state index contributed by atoms with van der Waals surface area (Å²) >= 11 is 0. The van der Waals surface area contributed by atoms with Crippen LogP contribution in [0.2, 0.25) is 0 Å². The van der Waals surface area contributed by atoms with Gasteiger partial charge in [-0.05, 0) is 65.5 Å². The summed E-state index contributed by atoms with van der Waals surface area (Å²) in [5, 5.41) is 21.1. The molecule has 0 aliphatic heterocycles. The molecule has 55 heavy (non-hydrogen) atoms. The van der Waals surface area contributed by atoms with Crippen LogP contribution in [-0.4, -0.2) is 75.4 Å². The molecular weight excluding hydrogens is 721 g/mol. The van der Waals surface area contributed by atoms with Crippen LogP contribution in [0.3, 0.4) is 0 Å². The summed E-state index contributed by atoms with van der Waals surface area (Å²) in [6.07, 6.45) is 1.41.